The lowest BCUT2D eigenvalue weighted by Gasteiger charge is -2.27. The predicted molar refractivity (Wildman–Crippen MR) is 134 cm³/mol. The molecule has 0 fully saturated rings. The Morgan fingerprint density at radius 2 is 1.49 bits per heavy atom. The molecule has 0 aromatic heterocycles. The van der Waals surface area contributed by atoms with Crippen molar-refractivity contribution in [1.29, 1.82) is 0 Å². The van der Waals surface area contributed by atoms with Crippen LogP contribution in [0.1, 0.15) is 31.0 Å². The maximum absolute atomic E-state index is 14.5. The minimum Gasteiger partial charge on any atom is -0.344 e. The van der Waals surface area contributed by atoms with Crippen LogP contribution in [0.2, 0.25) is 5.02 Å². The molecule has 2 rings (SSSR count). The topological polar surface area (TPSA) is 104 Å². The van der Waals surface area contributed by atoms with E-state index in [-0.39, 0.29) is 5.56 Å². The number of hydrogen-bond acceptors (Lipinski definition) is 4. The second-order valence-electron chi connectivity index (χ2n) is 8.70. The third-order valence-electron chi connectivity index (χ3n) is 5.27. The molecule has 0 aliphatic heterocycles. The van der Waals surface area contributed by atoms with Crippen molar-refractivity contribution in [2.75, 3.05) is 6.54 Å². The first-order chi connectivity index (χ1) is 18.1. The maximum Gasteiger partial charge on any atom is 0.405 e. The molecule has 210 valence electrons. The van der Waals surface area contributed by atoms with E-state index in [9.17, 15) is 41.1 Å². The summed E-state index contributed by atoms with van der Waals surface area (Å²) in [6.07, 6.45) is -2.42. The molecule has 0 heterocycles. The maximum atomic E-state index is 14.5. The summed E-state index contributed by atoms with van der Waals surface area (Å²) in [5.74, 6) is -12.2. The van der Waals surface area contributed by atoms with Crippen LogP contribution in [0.5, 0.6) is 0 Å². The minimum absolute atomic E-state index is 0.243. The number of carbonyl (C=O) groups excluding carboxylic acids is 4. The van der Waals surface area contributed by atoms with Crippen molar-refractivity contribution in [2.45, 2.75) is 38.0 Å². The van der Waals surface area contributed by atoms with E-state index in [4.69, 9.17) is 11.6 Å². The zero-order valence-electron chi connectivity index (χ0n) is 20.7. The lowest BCUT2D eigenvalue weighted by molar-refractivity contribution is -0.165. The molecule has 0 aliphatic rings. The van der Waals surface area contributed by atoms with Gasteiger partial charge in [-0.2, -0.15) is 22.0 Å². The number of hydrogen-bond donors (Lipinski definition) is 3. The van der Waals surface area contributed by atoms with Crippen LogP contribution >= 0.6 is 11.6 Å². The highest BCUT2D eigenvalue weighted by molar-refractivity contribution is 6.30. The average molecular weight is 574 g/mol. The van der Waals surface area contributed by atoms with Crippen LogP contribution in [0.4, 0.5) is 22.0 Å². The van der Waals surface area contributed by atoms with E-state index in [1.54, 1.807) is 42.5 Å². The van der Waals surface area contributed by atoms with Gasteiger partial charge in [-0.25, -0.2) is 0 Å². The molecule has 0 spiro atoms. The van der Waals surface area contributed by atoms with E-state index in [1.807, 2.05) is 0 Å². The summed E-state index contributed by atoms with van der Waals surface area (Å²) in [6.45, 7) is 0.508. The first kappa shape index (κ1) is 31.4. The summed E-state index contributed by atoms with van der Waals surface area (Å²) >= 11 is 5.82. The third-order valence-corrected chi connectivity index (χ3v) is 5.52. The summed E-state index contributed by atoms with van der Waals surface area (Å²) in [5, 5.41) is 6.00. The molecule has 7 nitrogen and oxygen atoms in total. The highest BCUT2D eigenvalue weighted by Crippen LogP contribution is 2.23. The molecule has 0 radical (unpaired) electrons. The molecule has 3 amide bonds. The number of ketones is 1. The highest BCUT2D eigenvalue weighted by Gasteiger charge is 2.52. The van der Waals surface area contributed by atoms with Crippen LogP contribution in [-0.2, 0) is 19.2 Å². The number of alkyl halides is 5. The average Bonchev–Trinajstić information content (AvgIpc) is 2.87. The van der Waals surface area contributed by atoms with Crippen LogP contribution in [0.15, 0.2) is 60.7 Å². The van der Waals surface area contributed by atoms with E-state index in [0.717, 1.165) is 11.4 Å². The second kappa shape index (κ2) is 13.3. The van der Waals surface area contributed by atoms with Gasteiger partial charge in [-0.1, -0.05) is 67.9 Å². The standard InChI is InChI=1S/C26H25ClF5N3O4/c1-15(2)20(22(37)26(31,32)24(39)33-14-25(28,29)30)35-23(38)21(17-6-4-3-5-7-17)34-19(36)13-10-16-8-11-18(27)12-9-16/h3-13,15,20-21H,14H2,1-2H3,(H,33,39)(H,34,36)(H,35,38)/t20-,21-/m0/s1. The zero-order chi connectivity index (χ0) is 29.4. The Morgan fingerprint density at radius 3 is 2.03 bits per heavy atom. The van der Waals surface area contributed by atoms with Crippen molar-refractivity contribution in [3.05, 3.63) is 76.8 Å². The van der Waals surface area contributed by atoms with Gasteiger partial charge in [0, 0.05) is 11.1 Å². The van der Waals surface area contributed by atoms with Crippen LogP contribution < -0.4 is 16.0 Å². The van der Waals surface area contributed by atoms with Gasteiger partial charge in [0.2, 0.25) is 17.6 Å². The Hall–Kier alpha value is -3.80. The number of carbonyl (C=O) groups is 4. The summed E-state index contributed by atoms with van der Waals surface area (Å²) < 4.78 is 66.0. The number of benzene rings is 2. The van der Waals surface area contributed by atoms with Crippen molar-refractivity contribution in [3.8, 4) is 0 Å². The molecule has 13 heteroatoms. The molecule has 0 bridgehead atoms. The Balaban J connectivity index is 2.24. The molecule has 0 aliphatic carbocycles. The summed E-state index contributed by atoms with van der Waals surface area (Å²) in [6, 6.07) is 10.7. The van der Waals surface area contributed by atoms with Gasteiger partial charge in [0.1, 0.15) is 12.6 Å². The number of halogens is 6. The van der Waals surface area contributed by atoms with Crippen molar-refractivity contribution in [1.82, 2.24) is 16.0 Å². The normalized spacial score (nSPS) is 13.6. The molecule has 2 atom stereocenters. The Morgan fingerprint density at radius 1 is 0.897 bits per heavy atom. The van der Waals surface area contributed by atoms with Crippen LogP contribution in [0.25, 0.3) is 6.08 Å². The molecule has 2 aromatic carbocycles. The lowest BCUT2D eigenvalue weighted by Crippen LogP contribution is -2.58. The number of Topliss-reactive ketones (excluding diaryl/α,β-unsaturated/α-hetero) is 1. The minimum atomic E-state index is -4.98. The van der Waals surface area contributed by atoms with E-state index >= 15 is 0 Å². The second-order valence-corrected chi connectivity index (χ2v) is 9.14. The van der Waals surface area contributed by atoms with Crippen LogP contribution in [0.3, 0.4) is 0 Å². The molecule has 39 heavy (non-hydrogen) atoms. The smallest absolute Gasteiger partial charge is 0.344 e. The fraction of sp³-hybridized carbons (Fsp3) is 0.308. The summed E-state index contributed by atoms with van der Waals surface area (Å²) in [4.78, 5) is 50.0. The highest BCUT2D eigenvalue weighted by atomic mass is 35.5. The summed E-state index contributed by atoms with van der Waals surface area (Å²) in [5.41, 5.74) is 0.861. The van der Waals surface area contributed by atoms with Gasteiger partial charge in [-0.3, -0.25) is 19.2 Å². The number of rotatable bonds is 11. The van der Waals surface area contributed by atoms with E-state index in [1.165, 1.54) is 32.1 Å². The van der Waals surface area contributed by atoms with E-state index in [2.05, 4.69) is 10.6 Å². The van der Waals surface area contributed by atoms with Crippen LogP contribution in [-0.4, -0.2) is 48.2 Å². The molecular formula is C26H25ClF5N3O4. The number of nitrogens with one attached hydrogen (secondary N) is 3. The third kappa shape index (κ3) is 9.47. The Kier molecular flexibility index (Phi) is 10.7. The van der Waals surface area contributed by atoms with Crippen molar-refractivity contribution in [3.63, 3.8) is 0 Å². The van der Waals surface area contributed by atoms with Gasteiger partial charge in [0.05, 0.1) is 6.04 Å². The number of amides is 3. The van der Waals surface area contributed by atoms with Crippen molar-refractivity contribution >= 4 is 41.2 Å². The van der Waals surface area contributed by atoms with Crippen LogP contribution in [0, 0.1) is 5.92 Å². The van der Waals surface area contributed by atoms with Gasteiger partial charge < -0.3 is 16.0 Å². The zero-order valence-corrected chi connectivity index (χ0v) is 21.4. The monoisotopic (exact) mass is 573 g/mol. The SMILES string of the molecule is CC(C)[C@H](NC(=O)[C@@H](NC(=O)C=Cc1ccc(Cl)cc1)c1ccccc1)C(=O)C(F)(F)C(=O)NCC(F)(F)F. The summed E-state index contributed by atoms with van der Waals surface area (Å²) in [7, 11) is 0. The Labute approximate surface area is 225 Å². The largest absolute Gasteiger partial charge is 0.405 e. The lowest BCUT2D eigenvalue weighted by atomic mass is 9.94. The quantitative estimate of drug-likeness (QED) is 0.213. The van der Waals surface area contributed by atoms with Gasteiger partial charge in [-0.05, 0) is 35.3 Å². The molecule has 3 N–H and O–H groups in total. The van der Waals surface area contributed by atoms with E-state index in [0.29, 0.717) is 10.6 Å². The molecule has 0 saturated heterocycles. The molecule has 0 saturated carbocycles. The van der Waals surface area contributed by atoms with Gasteiger partial charge in [0.15, 0.2) is 0 Å². The fourth-order valence-electron chi connectivity index (χ4n) is 3.25. The van der Waals surface area contributed by atoms with Gasteiger partial charge >= 0.3 is 12.1 Å². The first-order valence-electron chi connectivity index (χ1n) is 11.5. The predicted octanol–water partition coefficient (Wildman–Crippen LogP) is 4.23. The Bertz CT molecular complexity index is 1200. The first-order valence-corrected chi connectivity index (χ1v) is 11.9. The fourth-order valence-corrected chi connectivity index (χ4v) is 3.38. The van der Waals surface area contributed by atoms with Crippen molar-refractivity contribution in [2.24, 2.45) is 5.92 Å². The molecular weight excluding hydrogens is 549 g/mol. The van der Waals surface area contributed by atoms with Gasteiger partial charge in [0.25, 0.3) is 5.91 Å². The molecule has 0 unspecified atom stereocenters. The van der Waals surface area contributed by atoms with Gasteiger partial charge in [-0.15, -0.1) is 0 Å². The van der Waals surface area contributed by atoms with Crippen molar-refractivity contribution < 1.29 is 41.1 Å². The van der Waals surface area contributed by atoms with E-state index < -0.39 is 60.1 Å². The molecule has 2 aromatic rings.